The second kappa shape index (κ2) is 4.34. The van der Waals surface area contributed by atoms with E-state index in [9.17, 15) is 4.79 Å². The quantitative estimate of drug-likeness (QED) is 0.747. The number of rotatable bonds is 2. The van der Waals surface area contributed by atoms with Gasteiger partial charge in [0, 0.05) is 10.8 Å². The number of esters is 1. The van der Waals surface area contributed by atoms with Crippen LogP contribution in [0.2, 0.25) is 0 Å². The molecule has 2 aliphatic carbocycles. The Morgan fingerprint density at radius 3 is 2.40 bits per heavy atom. The van der Waals surface area contributed by atoms with Crippen LogP contribution in [0.3, 0.4) is 0 Å². The van der Waals surface area contributed by atoms with Gasteiger partial charge < -0.3 is 4.74 Å². The average Bonchev–Trinajstić information content (AvgIpc) is 2.86. The fraction of sp³-hybridized carbons (Fsp3) is 0.611. The van der Waals surface area contributed by atoms with Gasteiger partial charge in [-0.05, 0) is 44.2 Å². The van der Waals surface area contributed by atoms with Crippen LogP contribution >= 0.6 is 0 Å². The zero-order valence-corrected chi connectivity index (χ0v) is 12.9. The van der Waals surface area contributed by atoms with E-state index in [0.29, 0.717) is 11.5 Å². The first-order valence-electron chi connectivity index (χ1n) is 7.60. The highest BCUT2D eigenvalue weighted by atomic mass is 16.5. The highest BCUT2D eigenvalue weighted by Crippen LogP contribution is 2.63. The minimum absolute atomic E-state index is 0.0440. The Morgan fingerprint density at radius 2 is 1.85 bits per heavy atom. The SMILES string of the molecule is Cc1ccc(C(=O)O[C@H]2C(C)(C)[C@@H]3CC[C@]2(C)C3)cc1. The van der Waals surface area contributed by atoms with Gasteiger partial charge in [-0.25, -0.2) is 4.79 Å². The lowest BCUT2D eigenvalue weighted by Gasteiger charge is -2.41. The zero-order valence-electron chi connectivity index (χ0n) is 12.9. The van der Waals surface area contributed by atoms with Crippen molar-refractivity contribution in [3.8, 4) is 0 Å². The molecule has 0 amide bonds. The molecule has 0 heterocycles. The van der Waals surface area contributed by atoms with Crippen molar-refractivity contribution in [3.05, 3.63) is 35.4 Å². The molecule has 0 N–H and O–H groups in total. The van der Waals surface area contributed by atoms with Crippen LogP contribution in [0.15, 0.2) is 24.3 Å². The predicted molar refractivity (Wildman–Crippen MR) is 79.6 cm³/mol. The third kappa shape index (κ3) is 1.97. The summed E-state index contributed by atoms with van der Waals surface area (Å²) < 4.78 is 5.95. The van der Waals surface area contributed by atoms with Crippen LogP contribution in [0.4, 0.5) is 0 Å². The number of hydrogen-bond acceptors (Lipinski definition) is 2. The minimum atomic E-state index is -0.170. The van der Waals surface area contributed by atoms with Crippen LogP contribution in [-0.2, 0) is 4.74 Å². The Balaban J connectivity index is 1.80. The molecular weight excluding hydrogens is 248 g/mol. The molecular formula is C18H24O2. The second-order valence-electron chi connectivity index (χ2n) is 7.57. The molecule has 0 radical (unpaired) electrons. The van der Waals surface area contributed by atoms with Crippen molar-refractivity contribution in [2.75, 3.05) is 0 Å². The summed E-state index contributed by atoms with van der Waals surface area (Å²) in [5.74, 6) is 0.528. The summed E-state index contributed by atoms with van der Waals surface area (Å²) in [6, 6.07) is 7.65. The lowest BCUT2D eigenvalue weighted by Crippen LogP contribution is -2.43. The molecule has 2 fully saturated rings. The molecule has 1 aromatic carbocycles. The van der Waals surface area contributed by atoms with Crippen molar-refractivity contribution in [1.29, 1.82) is 0 Å². The number of carbonyl (C=O) groups excluding carboxylic acids is 1. The summed E-state index contributed by atoms with van der Waals surface area (Å²) >= 11 is 0. The van der Waals surface area contributed by atoms with Crippen LogP contribution in [0.1, 0.15) is 56.0 Å². The lowest BCUT2D eigenvalue weighted by molar-refractivity contribution is -0.0584. The van der Waals surface area contributed by atoms with Gasteiger partial charge in [-0.15, -0.1) is 0 Å². The van der Waals surface area contributed by atoms with Gasteiger partial charge in [0.1, 0.15) is 6.10 Å². The lowest BCUT2D eigenvalue weighted by atomic mass is 9.70. The summed E-state index contributed by atoms with van der Waals surface area (Å²) in [5, 5.41) is 0. The number of hydrogen-bond donors (Lipinski definition) is 0. The standard InChI is InChI=1S/C18H24O2/c1-12-5-7-13(8-6-12)15(19)20-16-17(2,3)14-9-10-18(16,4)11-14/h5-8,14,16H,9-11H2,1-4H3/t14-,16+,18-/m1/s1. The Morgan fingerprint density at radius 1 is 1.20 bits per heavy atom. The molecule has 0 unspecified atom stereocenters. The monoisotopic (exact) mass is 272 g/mol. The van der Waals surface area contributed by atoms with Crippen molar-refractivity contribution >= 4 is 5.97 Å². The van der Waals surface area contributed by atoms with Crippen LogP contribution in [-0.4, -0.2) is 12.1 Å². The summed E-state index contributed by atoms with van der Waals surface area (Å²) in [7, 11) is 0. The topological polar surface area (TPSA) is 26.3 Å². The molecule has 2 nitrogen and oxygen atoms in total. The molecule has 3 rings (SSSR count). The number of aryl methyl sites for hydroxylation is 1. The van der Waals surface area contributed by atoms with E-state index < -0.39 is 0 Å². The van der Waals surface area contributed by atoms with Crippen LogP contribution in [0.5, 0.6) is 0 Å². The van der Waals surface area contributed by atoms with Crippen LogP contribution < -0.4 is 0 Å². The van der Waals surface area contributed by atoms with E-state index in [-0.39, 0.29) is 22.9 Å². The number of carbonyl (C=O) groups is 1. The molecule has 2 aliphatic rings. The average molecular weight is 272 g/mol. The Labute approximate surface area is 121 Å². The summed E-state index contributed by atoms with van der Waals surface area (Å²) in [4.78, 5) is 12.4. The first-order valence-corrected chi connectivity index (χ1v) is 7.60. The third-order valence-electron chi connectivity index (χ3n) is 5.65. The third-order valence-corrected chi connectivity index (χ3v) is 5.65. The number of benzene rings is 1. The normalized spacial score (nSPS) is 34.2. The fourth-order valence-corrected chi connectivity index (χ4v) is 4.42. The van der Waals surface area contributed by atoms with Crippen molar-refractivity contribution in [3.63, 3.8) is 0 Å². The number of fused-ring (bicyclic) bond motifs is 2. The molecule has 0 spiro atoms. The van der Waals surface area contributed by atoms with Gasteiger partial charge in [0.15, 0.2) is 0 Å². The highest BCUT2D eigenvalue weighted by Gasteiger charge is 2.61. The molecule has 0 aromatic heterocycles. The first-order chi connectivity index (χ1) is 9.33. The molecule has 108 valence electrons. The largest absolute Gasteiger partial charge is 0.458 e. The van der Waals surface area contributed by atoms with Gasteiger partial charge in [0.2, 0.25) is 0 Å². The van der Waals surface area contributed by atoms with Crippen molar-refractivity contribution < 1.29 is 9.53 Å². The van der Waals surface area contributed by atoms with Gasteiger partial charge in [0.25, 0.3) is 0 Å². The van der Waals surface area contributed by atoms with Gasteiger partial charge in [-0.3, -0.25) is 0 Å². The second-order valence-corrected chi connectivity index (χ2v) is 7.57. The van der Waals surface area contributed by atoms with E-state index in [1.807, 2.05) is 31.2 Å². The van der Waals surface area contributed by atoms with Crippen LogP contribution in [0, 0.1) is 23.7 Å². The molecule has 2 bridgehead atoms. The maximum absolute atomic E-state index is 12.4. The van der Waals surface area contributed by atoms with Gasteiger partial charge >= 0.3 is 5.97 Å². The molecule has 20 heavy (non-hydrogen) atoms. The summed E-state index contributed by atoms with van der Waals surface area (Å²) in [6.45, 7) is 8.83. The van der Waals surface area contributed by atoms with Crippen LogP contribution in [0.25, 0.3) is 0 Å². The summed E-state index contributed by atoms with van der Waals surface area (Å²) in [5.41, 5.74) is 2.11. The minimum Gasteiger partial charge on any atom is -0.458 e. The van der Waals surface area contributed by atoms with Gasteiger partial charge in [0.05, 0.1) is 5.56 Å². The predicted octanol–water partition coefficient (Wildman–Crippen LogP) is 4.37. The van der Waals surface area contributed by atoms with Gasteiger partial charge in [-0.1, -0.05) is 38.5 Å². The van der Waals surface area contributed by atoms with E-state index in [2.05, 4.69) is 20.8 Å². The molecule has 0 aliphatic heterocycles. The summed E-state index contributed by atoms with van der Waals surface area (Å²) in [6.07, 6.45) is 3.71. The maximum Gasteiger partial charge on any atom is 0.338 e. The molecule has 1 aromatic rings. The molecule has 3 atom stereocenters. The first kappa shape index (κ1) is 13.7. The van der Waals surface area contributed by atoms with E-state index >= 15 is 0 Å². The molecule has 2 heteroatoms. The molecule has 2 saturated carbocycles. The van der Waals surface area contributed by atoms with Crippen molar-refractivity contribution in [2.24, 2.45) is 16.7 Å². The van der Waals surface area contributed by atoms with E-state index in [1.54, 1.807) is 0 Å². The van der Waals surface area contributed by atoms with Crippen molar-refractivity contribution in [2.45, 2.75) is 53.1 Å². The van der Waals surface area contributed by atoms with Crippen molar-refractivity contribution in [1.82, 2.24) is 0 Å². The van der Waals surface area contributed by atoms with E-state index in [1.165, 1.54) is 19.3 Å². The Kier molecular flexibility index (Phi) is 2.97. The molecule has 0 saturated heterocycles. The Bertz CT molecular complexity index is 524. The fourth-order valence-electron chi connectivity index (χ4n) is 4.42. The van der Waals surface area contributed by atoms with E-state index in [4.69, 9.17) is 4.74 Å². The van der Waals surface area contributed by atoms with E-state index in [0.717, 1.165) is 5.56 Å². The zero-order chi connectivity index (χ0) is 14.5. The highest BCUT2D eigenvalue weighted by molar-refractivity contribution is 5.89. The Hall–Kier alpha value is -1.31. The smallest absolute Gasteiger partial charge is 0.338 e. The maximum atomic E-state index is 12.4. The number of ether oxygens (including phenoxy) is 1. The van der Waals surface area contributed by atoms with Gasteiger partial charge in [-0.2, -0.15) is 0 Å².